The molecule has 1 N–H and O–H groups in total. The summed E-state index contributed by atoms with van der Waals surface area (Å²) >= 11 is 6.10. The van der Waals surface area contributed by atoms with Crippen molar-refractivity contribution in [3.63, 3.8) is 0 Å². The minimum Gasteiger partial charge on any atom is -0.495 e. The fourth-order valence-corrected chi connectivity index (χ4v) is 2.59. The Kier molecular flexibility index (Phi) is 5.88. The monoisotopic (exact) mass is 332 g/mol. The van der Waals surface area contributed by atoms with Crippen LogP contribution in [0.2, 0.25) is 5.02 Å². The van der Waals surface area contributed by atoms with Crippen LogP contribution < -0.4 is 10.1 Å². The zero-order chi connectivity index (χ0) is 16.8. The lowest BCUT2D eigenvalue weighted by molar-refractivity contribution is -0.130. The van der Waals surface area contributed by atoms with Gasteiger partial charge in [0.05, 0.1) is 12.1 Å². The molecule has 0 aliphatic heterocycles. The van der Waals surface area contributed by atoms with Gasteiger partial charge in [-0.15, -0.1) is 0 Å². The van der Waals surface area contributed by atoms with E-state index in [1.54, 1.807) is 31.2 Å². The smallest absolute Gasteiger partial charge is 0.244 e. The maximum atomic E-state index is 12.5. The second-order valence-corrected chi connectivity index (χ2v) is 5.80. The normalized spacial score (nSPS) is 11.7. The van der Waals surface area contributed by atoms with Gasteiger partial charge < -0.3 is 15.0 Å². The number of ether oxygens (including phenoxy) is 1. The predicted molar refractivity (Wildman–Crippen MR) is 94.0 cm³/mol. The first-order valence-electron chi connectivity index (χ1n) is 7.40. The van der Waals surface area contributed by atoms with Crippen molar-refractivity contribution in [3.8, 4) is 5.75 Å². The molecule has 0 aliphatic carbocycles. The fraction of sp³-hybridized carbons (Fsp3) is 0.278. The molecule has 1 atom stereocenters. The van der Waals surface area contributed by atoms with E-state index in [0.29, 0.717) is 17.3 Å². The Morgan fingerprint density at radius 1 is 1.26 bits per heavy atom. The van der Waals surface area contributed by atoms with E-state index in [9.17, 15) is 4.79 Å². The number of halogens is 1. The van der Waals surface area contributed by atoms with Crippen LogP contribution in [0.4, 0.5) is 5.69 Å². The molecule has 0 heterocycles. The maximum absolute atomic E-state index is 12.5. The first kappa shape index (κ1) is 17.2. The van der Waals surface area contributed by atoms with Crippen LogP contribution in [-0.4, -0.2) is 31.0 Å². The molecule has 0 unspecified atom stereocenters. The van der Waals surface area contributed by atoms with Crippen LogP contribution in [0.15, 0.2) is 48.5 Å². The summed E-state index contributed by atoms with van der Waals surface area (Å²) in [6, 6.07) is 14.9. The summed E-state index contributed by atoms with van der Waals surface area (Å²) in [6.07, 6.45) is 0. The summed E-state index contributed by atoms with van der Waals surface area (Å²) in [7, 11) is 3.37. The number of hydrogen-bond donors (Lipinski definition) is 1. The van der Waals surface area contributed by atoms with E-state index in [-0.39, 0.29) is 11.9 Å². The van der Waals surface area contributed by atoms with Crippen LogP contribution in [0.5, 0.6) is 5.75 Å². The summed E-state index contributed by atoms with van der Waals surface area (Å²) < 4.78 is 5.12. The first-order valence-corrected chi connectivity index (χ1v) is 7.78. The van der Waals surface area contributed by atoms with Gasteiger partial charge in [-0.2, -0.15) is 0 Å². The zero-order valence-corrected chi connectivity index (χ0v) is 14.3. The summed E-state index contributed by atoms with van der Waals surface area (Å²) in [6.45, 7) is 2.41. The molecular weight excluding hydrogens is 312 g/mol. The van der Waals surface area contributed by atoms with E-state index in [2.05, 4.69) is 5.32 Å². The molecule has 0 spiro atoms. The minimum absolute atomic E-state index is 0.0146. The largest absolute Gasteiger partial charge is 0.495 e. The number of benzene rings is 2. The molecule has 0 fully saturated rings. The molecule has 0 radical (unpaired) electrons. The molecule has 0 aliphatic rings. The first-order chi connectivity index (χ1) is 11.0. The molecule has 2 aromatic rings. The van der Waals surface area contributed by atoms with Crippen LogP contribution in [0.1, 0.15) is 12.5 Å². The Balaban J connectivity index is 1.98. The molecule has 0 aromatic heterocycles. The molecule has 4 nitrogen and oxygen atoms in total. The zero-order valence-electron chi connectivity index (χ0n) is 13.5. The Morgan fingerprint density at radius 2 is 1.96 bits per heavy atom. The van der Waals surface area contributed by atoms with Crippen molar-refractivity contribution in [2.75, 3.05) is 19.5 Å². The average molecular weight is 333 g/mol. The number of carbonyl (C=O) groups excluding carboxylic acids is 1. The Hall–Kier alpha value is -2.20. The second kappa shape index (κ2) is 7.88. The Morgan fingerprint density at radius 3 is 2.57 bits per heavy atom. The highest BCUT2D eigenvalue weighted by Gasteiger charge is 2.17. The van der Waals surface area contributed by atoms with Gasteiger partial charge in [0.25, 0.3) is 0 Å². The molecule has 23 heavy (non-hydrogen) atoms. The van der Waals surface area contributed by atoms with Gasteiger partial charge in [-0.25, -0.2) is 0 Å². The Bertz CT molecular complexity index is 661. The average Bonchev–Trinajstić information content (AvgIpc) is 2.55. The standard InChI is InChI=1S/C18H21ClN2O2/c1-13(20-15-9-10-17(23-3)16(19)11-15)18(22)21(2)12-14-7-5-4-6-8-14/h4-11,13,20H,12H2,1-3H3/t13-/m1/s1. The number of likely N-dealkylation sites (N-methyl/N-ethyl adjacent to an activating group) is 1. The second-order valence-electron chi connectivity index (χ2n) is 5.40. The Labute approximate surface area is 142 Å². The highest BCUT2D eigenvalue weighted by molar-refractivity contribution is 6.32. The van der Waals surface area contributed by atoms with Crippen molar-refractivity contribution in [1.29, 1.82) is 0 Å². The van der Waals surface area contributed by atoms with Gasteiger partial charge in [0.1, 0.15) is 11.8 Å². The van der Waals surface area contributed by atoms with Gasteiger partial charge in [0.2, 0.25) is 5.91 Å². The number of amides is 1. The van der Waals surface area contributed by atoms with Crippen LogP contribution >= 0.6 is 11.6 Å². The van der Waals surface area contributed by atoms with Crippen molar-refractivity contribution in [1.82, 2.24) is 4.90 Å². The minimum atomic E-state index is -0.354. The summed E-state index contributed by atoms with van der Waals surface area (Å²) in [5.74, 6) is 0.623. The van der Waals surface area contributed by atoms with Crippen molar-refractivity contribution >= 4 is 23.2 Å². The molecular formula is C18H21ClN2O2. The molecule has 0 saturated carbocycles. The summed E-state index contributed by atoms with van der Waals surface area (Å²) in [5.41, 5.74) is 1.88. The number of anilines is 1. The number of hydrogen-bond acceptors (Lipinski definition) is 3. The lowest BCUT2D eigenvalue weighted by Gasteiger charge is -2.23. The number of rotatable bonds is 6. The van der Waals surface area contributed by atoms with Gasteiger partial charge in [-0.05, 0) is 30.7 Å². The van der Waals surface area contributed by atoms with E-state index in [1.807, 2.05) is 43.3 Å². The summed E-state index contributed by atoms with van der Waals surface area (Å²) in [4.78, 5) is 14.2. The number of carbonyl (C=O) groups is 1. The SMILES string of the molecule is COc1ccc(N[C@H](C)C(=O)N(C)Cc2ccccc2)cc1Cl. The molecule has 2 aromatic carbocycles. The lowest BCUT2D eigenvalue weighted by Crippen LogP contribution is -2.38. The molecule has 0 bridgehead atoms. The van der Waals surface area contributed by atoms with Gasteiger partial charge in [-0.3, -0.25) is 4.79 Å². The maximum Gasteiger partial charge on any atom is 0.244 e. The van der Waals surface area contributed by atoms with Crippen molar-refractivity contribution in [2.45, 2.75) is 19.5 Å². The van der Waals surface area contributed by atoms with E-state index in [1.165, 1.54) is 0 Å². The molecule has 0 saturated heterocycles. The van der Waals surface area contributed by atoms with Crippen LogP contribution in [0.3, 0.4) is 0 Å². The fourth-order valence-electron chi connectivity index (χ4n) is 2.33. The highest BCUT2D eigenvalue weighted by Crippen LogP contribution is 2.27. The molecule has 2 rings (SSSR count). The highest BCUT2D eigenvalue weighted by atomic mass is 35.5. The van der Waals surface area contributed by atoms with Gasteiger partial charge in [-0.1, -0.05) is 41.9 Å². The van der Waals surface area contributed by atoms with E-state index < -0.39 is 0 Å². The quantitative estimate of drug-likeness (QED) is 0.874. The van der Waals surface area contributed by atoms with Gasteiger partial charge in [0, 0.05) is 19.3 Å². The third kappa shape index (κ3) is 4.63. The van der Waals surface area contributed by atoms with Crippen LogP contribution in [-0.2, 0) is 11.3 Å². The topological polar surface area (TPSA) is 41.6 Å². The van der Waals surface area contributed by atoms with Crippen LogP contribution in [0.25, 0.3) is 0 Å². The molecule has 122 valence electrons. The van der Waals surface area contributed by atoms with Gasteiger partial charge in [0.15, 0.2) is 0 Å². The third-order valence-corrected chi connectivity index (χ3v) is 3.84. The number of nitrogens with zero attached hydrogens (tertiary/aromatic N) is 1. The molecule has 1 amide bonds. The summed E-state index contributed by atoms with van der Waals surface area (Å²) in [5, 5.41) is 3.68. The van der Waals surface area contributed by atoms with E-state index in [4.69, 9.17) is 16.3 Å². The number of methoxy groups -OCH3 is 1. The van der Waals surface area contributed by atoms with Gasteiger partial charge >= 0.3 is 0 Å². The van der Waals surface area contributed by atoms with Crippen molar-refractivity contribution in [3.05, 3.63) is 59.1 Å². The third-order valence-electron chi connectivity index (χ3n) is 3.54. The van der Waals surface area contributed by atoms with Crippen molar-refractivity contribution in [2.24, 2.45) is 0 Å². The predicted octanol–water partition coefficient (Wildman–Crippen LogP) is 3.81. The number of nitrogens with one attached hydrogen (secondary N) is 1. The van der Waals surface area contributed by atoms with E-state index >= 15 is 0 Å². The molecule has 5 heteroatoms. The van der Waals surface area contributed by atoms with Crippen LogP contribution in [0, 0.1) is 0 Å². The lowest BCUT2D eigenvalue weighted by atomic mass is 10.2. The van der Waals surface area contributed by atoms with E-state index in [0.717, 1.165) is 11.3 Å². The van der Waals surface area contributed by atoms with Crippen molar-refractivity contribution < 1.29 is 9.53 Å².